The summed E-state index contributed by atoms with van der Waals surface area (Å²) >= 11 is 0. The van der Waals surface area contributed by atoms with Crippen molar-refractivity contribution >= 4 is 11.8 Å². The summed E-state index contributed by atoms with van der Waals surface area (Å²) in [6, 6.07) is 0. The molecule has 4 nitrogen and oxygen atoms in total. The first-order chi connectivity index (χ1) is 15.4. The quantitative estimate of drug-likeness (QED) is 0.339. The molecule has 204 valence electrons. The topological polar surface area (TPSA) is 63.6 Å². The Morgan fingerprint density at radius 2 is 1.34 bits per heavy atom. The minimum atomic E-state index is -6.18. The zero-order valence-corrected chi connectivity index (χ0v) is 19.8. The second kappa shape index (κ2) is 8.79. The molecule has 2 bridgehead atoms. The molecule has 6 unspecified atom stereocenters. The highest BCUT2D eigenvalue weighted by molar-refractivity contribution is 5.83. The van der Waals surface area contributed by atoms with E-state index in [4.69, 9.17) is 4.74 Å². The van der Waals surface area contributed by atoms with Gasteiger partial charge in [-0.3, -0.25) is 9.59 Å². The van der Waals surface area contributed by atoms with Crippen LogP contribution in [-0.4, -0.2) is 46.6 Å². The number of hydrogen-bond acceptors (Lipinski definition) is 4. The van der Waals surface area contributed by atoms with Gasteiger partial charge in [-0.1, -0.05) is 6.92 Å². The molecule has 1 N–H and O–H groups in total. The molecule has 0 spiro atoms. The van der Waals surface area contributed by atoms with Crippen LogP contribution in [0.15, 0.2) is 0 Å². The molecule has 13 heteroatoms. The van der Waals surface area contributed by atoms with E-state index in [1.807, 2.05) is 0 Å². The van der Waals surface area contributed by atoms with Crippen LogP contribution in [0.5, 0.6) is 0 Å². The SMILES string of the molecule is CC1C2CC(C(=O)CC(O)(C(F)(F)F)C(F)(F)F)C(C2)C1CC(C)(C(=O)OC(C)(C)C)C(F)(F)F. The van der Waals surface area contributed by atoms with E-state index in [9.17, 15) is 54.2 Å². The Labute approximate surface area is 196 Å². The Morgan fingerprint density at radius 3 is 1.71 bits per heavy atom. The van der Waals surface area contributed by atoms with Crippen LogP contribution >= 0.6 is 0 Å². The van der Waals surface area contributed by atoms with E-state index in [1.165, 1.54) is 20.8 Å². The molecule has 0 aromatic heterocycles. The summed E-state index contributed by atoms with van der Waals surface area (Å²) in [5, 5.41) is 9.40. The van der Waals surface area contributed by atoms with Gasteiger partial charge in [-0.25, -0.2) is 0 Å². The van der Waals surface area contributed by atoms with Crippen LogP contribution in [0.2, 0.25) is 0 Å². The molecule has 2 aliphatic carbocycles. The number of alkyl halides is 9. The Hall–Kier alpha value is -1.53. The van der Waals surface area contributed by atoms with Gasteiger partial charge in [0.05, 0.1) is 6.42 Å². The molecular formula is C22H29F9O4. The highest BCUT2D eigenvalue weighted by Gasteiger charge is 2.72. The Morgan fingerprint density at radius 1 is 0.857 bits per heavy atom. The van der Waals surface area contributed by atoms with Crippen molar-refractivity contribution in [3.63, 3.8) is 0 Å². The monoisotopic (exact) mass is 528 g/mol. The van der Waals surface area contributed by atoms with E-state index in [0.29, 0.717) is 6.92 Å². The average molecular weight is 528 g/mol. The first kappa shape index (κ1) is 29.7. The van der Waals surface area contributed by atoms with Crippen molar-refractivity contribution in [1.82, 2.24) is 0 Å². The molecule has 2 fully saturated rings. The highest BCUT2D eigenvalue weighted by Crippen LogP contribution is 2.60. The summed E-state index contributed by atoms with van der Waals surface area (Å²) in [7, 11) is 0. The van der Waals surface area contributed by atoms with Gasteiger partial charge in [0, 0.05) is 5.92 Å². The van der Waals surface area contributed by atoms with Crippen LogP contribution in [0.1, 0.15) is 60.3 Å². The van der Waals surface area contributed by atoms with Crippen molar-refractivity contribution < 1.29 is 58.9 Å². The Kier molecular flexibility index (Phi) is 7.46. The Bertz CT molecular complexity index is 811. The van der Waals surface area contributed by atoms with Crippen LogP contribution in [0.25, 0.3) is 0 Å². The second-order valence-electron chi connectivity index (χ2n) is 11.1. The lowest BCUT2D eigenvalue weighted by molar-refractivity contribution is -0.367. The molecule has 0 aromatic carbocycles. The number of halogens is 9. The molecule has 0 heterocycles. The van der Waals surface area contributed by atoms with Gasteiger partial charge in [-0.2, -0.15) is 39.5 Å². The van der Waals surface area contributed by atoms with Crippen molar-refractivity contribution in [2.75, 3.05) is 0 Å². The fraction of sp³-hybridized carbons (Fsp3) is 0.909. The van der Waals surface area contributed by atoms with E-state index >= 15 is 0 Å². The average Bonchev–Trinajstić information content (AvgIpc) is 3.17. The van der Waals surface area contributed by atoms with Crippen molar-refractivity contribution in [3.05, 3.63) is 0 Å². The van der Waals surface area contributed by atoms with Gasteiger partial charge >= 0.3 is 24.5 Å². The lowest BCUT2D eigenvalue weighted by Crippen LogP contribution is -2.58. The number of Topliss-reactive ketones (excluding diaryl/α,β-unsaturated/α-hetero) is 1. The van der Waals surface area contributed by atoms with Gasteiger partial charge in [0.1, 0.15) is 11.4 Å². The second-order valence-corrected chi connectivity index (χ2v) is 11.1. The van der Waals surface area contributed by atoms with Gasteiger partial charge in [-0.05, 0) is 70.6 Å². The fourth-order valence-corrected chi connectivity index (χ4v) is 5.38. The van der Waals surface area contributed by atoms with E-state index < -0.39 is 89.3 Å². The number of ketones is 1. The van der Waals surface area contributed by atoms with Crippen molar-refractivity contribution in [2.45, 2.75) is 90.0 Å². The maximum Gasteiger partial charge on any atom is 0.426 e. The molecule has 0 amide bonds. The number of aliphatic hydroxyl groups is 1. The van der Waals surface area contributed by atoms with Crippen LogP contribution in [0, 0.1) is 35.0 Å². The van der Waals surface area contributed by atoms with Gasteiger partial charge in [-0.15, -0.1) is 0 Å². The fourth-order valence-electron chi connectivity index (χ4n) is 5.38. The van der Waals surface area contributed by atoms with Crippen molar-refractivity contribution in [1.29, 1.82) is 0 Å². The van der Waals surface area contributed by atoms with Crippen molar-refractivity contribution in [2.24, 2.45) is 35.0 Å². The van der Waals surface area contributed by atoms with E-state index in [0.717, 1.165) is 0 Å². The zero-order valence-electron chi connectivity index (χ0n) is 19.8. The van der Waals surface area contributed by atoms with Gasteiger partial charge in [0.2, 0.25) is 0 Å². The Balaban J connectivity index is 2.34. The maximum absolute atomic E-state index is 14.0. The summed E-state index contributed by atoms with van der Waals surface area (Å²) in [4.78, 5) is 25.2. The smallest absolute Gasteiger partial charge is 0.426 e. The summed E-state index contributed by atoms with van der Waals surface area (Å²) in [6.07, 6.45) is -20.5. The first-order valence-electron chi connectivity index (χ1n) is 11.0. The van der Waals surface area contributed by atoms with Crippen LogP contribution in [0.4, 0.5) is 39.5 Å². The standard InChI is InChI=1S/C22H29F9O4/c1-10-11-6-12(13(7-11)15(32)9-19(34,21(26,27)28)22(29,30)31)14(10)8-18(5,20(23,24)25)16(33)35-17(2,3)4/h10-14,34H,6-9H2,1-5H3. The summed E-state index contributed by atoms with van der Waals surface area (Å²) in [5.41, 5.74) is -9.52. The molecule has 2 rings (SSSR count). The molecule has 0 aliphatic heterocycles. The zero-order chi connectivity index (χ0) is 27.6. The molecular weight excluding hydrogens is 499 g/mol. The van der Waals surface area contributed by atoms with Crippen LogP contribution in [-0.2, 0) is 14.3 Å². The molecule has 35 heavy (non-hydrogen) atoms. The number of rotatable bonds is 6. The van der Waals surface area contributed by atoms with Crippen molar-refractivity contribution in [3.8, 4) is 0 Å². The minimum absolute atomic E-state index is 0.0951. The summed E-state index contributed by atoms with van der Waals surface area (Å²) in [5.74, 6) is -7.29. The minimum Gasteiger partial charge on any atom is -0.459 e. The normalized spacial score (nSPS) is 29.7. The third kappa shape index (κ3) is 5.44. The number of esters is 1. The highest BCUT2D eigenvalue weighted by atomic mass is 19.4. The molecule has 0 aromatic rings. The first-order valence-corrected chi connectivity index (χ1v) is 11.0. The molecule has 2 aliphatic rings. The molecule has 6 atom stereocenters. The number of ether oxygens (including phenoxy) is 1. The molecule has 2 saturated carbocycles. The number of fused-ring (bicyclic) bond motifs is 2. The largest absolute Gasteiger partial charge is 0.459 e. The third-order valence-electron chi connectivity index (χ3n) is 7.52. The van der Waals surface area contributed by atoms with Gasteiger partial charge in [0.15, 0.2) is 5.41 Å². The van der Waals surface area contributed by atoms with Gasteiger partial charge in [0.25, 0.3) is 5.60 Å². The molecule has 0 saturated heterocycles. The molecule has 0 radical (unpaired) electrons. The predicted molar refractivity (Wildman–Crippen MR) is 104 cm³/mol. The van der Waals surface area contributed by atoms with E-state index in [-0.39, 0.29) is 12.8 Å². The number of hydrogen-bond donors (Lipinski definition) is 1. The predicted octanol–water partition coefficient (Wildman–Crippen LogP) is 6.01. The number of carbonyl (C=O) groups excluding carboxylic acids is 2. The lowest BCUT2D eigenvalue weighted by atomic mass is 9.66. The summed E-state index contributed by atoms with van der Waals surface area (Å²) in [6.45, 7) is 6.35. The lowest BCUT2D eigenvalue weighted by Gasteiger charge is -2.41. The van der Waals surface area contributed by atoms with E-state index in [1.54, 1.807) is 6.92 Å². The maximum atomic E-state index is 14.0. The van der Waals surface area contributed by atoms with E-state index in [2.05, 4.69) is 0 Å². The number of carbonyl (C=O) groups is 2. The third-order valence-corrected chi connectivity index (χ3v) is 7.52. The summed E-state index contributed by atoms with van der Waals surface area (Å²) < 4.78 is 125. The van der Waals surface area contributed by atoms with Crippen LogP contribution < -0.4 is 0 Å². The van der Waals surface area contributed by atoms with Gasteiger partial charge < -0.3 is 9.84 Å². The van der Waals surface area contributed by atoms with Crippen LogP contribution in [0.3, 0.4) is 0 Å².